The third kappa shape index (κ3) is 4.34. The van der Waals surface area contributed by atoms with E-state index in [1.54, 1.807) is 0 Å². The first kappa shape index (κ1) is 30.6. The van der Waals surface area contributed by atoms with Crippen molar-refractivity contribution in [3.05, 3.63) is 182 Å². The number of nitrogens with zero attached hydrogens (tertiary/aromatic N) is 4. The lowest BCUT2D eigenvalue weighted by Gasteiger charge is -2.20. The van der Waals surface area contributed by atoms with E-state index < -0.39 is 0 Å². The highest BCUT2D eigenvalue weighted by molar-refractivity contribution is 6.14. The van der Waals surface area contributed by atoms with Gasteiger partial charge in [-0.1, -0.05) is 109 Å². The number of benzene rings is 9. The summed E-state index contributed by atoms with van der Waals surface area (Å²) in [7, 11) is 0. The van der Waals surface area contributed by atoms with E-state index in [1.165, 1.54) is 48.9 Å². The van der Waals surface area contributed by atoms with Crippen molar-refractivity contribution >= 4 is 76.1 Å². The Morgan fingerprint density at radius 1 is 0.386 bits per heavy atom. The van der Waals surface area contributed by atoms with E-state index in [-0.39, 0.29) is 0 Å². The monoisotopic (exact) mass is 726 g/mol. The Labute approximate surface area is 326 Å². The maximum Gasteiger partial charge on any atom is 0.235 e. The first-order valence-corrected chi connectivity index (χ1v) is 19.3. The molecule has 0 saturated heterocycles. The molecule has 3 aromatic heterocycles. The first-order valence-electron chi connectivity index (χ1n) is 19.3. The number of aromatic nitrogens is 4. The number of hydrogen-bond acceptors (Lipinski definition) is 3. The molecule has 264 valence electrons. The van der Waals surface area contributed by atoms with Gasteiger partial charge in [0, 0.05) is 32.8 Å². The van der Waals surface area contributed by atoms with Crippen molar-refractivity contribution in [3.8, 4) is 45.5 Å². The zero-order valence-corrected chi connectivity index (χ0v) is 30.5. The molecule has 0 N–H and O–H groups in total. The summed E-state index contributed by atoms with van der Waals surface area (Å²) in [4.78, 5) is 10.5. The zero-order valence-electron chi connectivity index (χ0n) is 30.5. The molecule has 12 aromatic rings. The third-order valence-electron chi connectivity index (χ3n) is 11.9. The van der Waals surface area contributed by atoms with Crippen LogP contribution in [0, 0.1) is 0 Å². The Morgan fingerprint density at radius 2 is 1.00 bits per heavy atom. The minimum absolute atomic E-state index is 0.640. The molecule has 0 bridgehead atoms. The normalized spacial score (nSPS) is 12.4. The molecule has 1 aliphatic rings. The van der Waals surface area contributed by atoms with E-state index in [4.69, 9.17) is 14.7 Å². The van der Waals surface area contributed by atoms with Crippen molar-refractivity contribution in [2.75, 3.05) is 0 Å². The van der Waals surface area contributed by atoms with Crippen LogP contribution >= 0.6 is 0 Å². The molecule has 0 atom stereocenters. The topological polar surface area (TPSA) is 44.9 Å². The van der Waals surface area contributed by atoms with Crippen LogP contribution in [0.25, 0.3) is 110 Å². The van der Waals surface area contributed by atoms with E-state index in [2.05, 4.69) is 155 Å². The molecule has 4 heterocycles. The van der Waals surface area contributed by atoms with E-state index >= 15 is 0 Å². The average Bonchev–Trinajstić information content (AvgIpc) is 3.78. The molecule has 0 amide bonds. The molecule has 0 saturated carbocycles. The second kappa shape index (κ2) is 11.4. The number of hydrogen-bond donors (Lipinski definition) is 0. The Hall–Kier alpha value is -7.76. The van der Waals surface area contributed by atoms with E-state index in [0.717, 1.165) is 66.7 Å². The molecular weight excluding hydrogens is 697 g/mol. The van der Waals surface area contributed by atoms with Gasteiger partial charge in [0.15, 0.2) is 0 Å². The predicted octanol–water partition coefficient (Wildman–Crippen LogP) is 13.6. The third-order valence-corrected chi connectivity index (χ3v) is 11.9. The lowest BCUT2D eigenvalue weighted by atomic mass is 10.0. The van der Waals surface area contributed by atoms with Gasteiger partial charge in [0.2, 0.25) is 5.95 Å². The molecule has 0 spiro atoms. The van der Waals surface area contributed by atoms with Gasteiger partial charge >= 0.3 is 0 Å². The second-order valence-electron chi connectivity index (χ2n) is 15.0. The smallest absolute Gasteiger partial charge is 0.235 e. The van der Waals surface area contributed by atoms with Crippen LogP contribution in [0.15, 0.2) is 182 Å². The highest BCUT2D eigenvalue weighted by Crippen LogP contribution is 2.46. The molecule has 57 heavy (non-hydrogen) atoms. The SMILES string of the molecule is c1ccc2c(c1)Oc1cccc3nc(-n4c5ccccc5c5cc(-c6ccc7c(c6)c6ccccc6n7-c6ccc7c(ccc8ccccc87)c6)ccc54)nc-2c13. The van der Waals surface area contributed by atoms with Gasteiger partial charge in [-0.2, -0.15) is 0 Å². The molecule has 13 rings (SSSR count). The van der Waals surface area contributed by atoms with Crippen molar-refractivity contribution < 1.29 is 4.74 Å². The fourth-order valence-corrected chi connectivity index (χ4v) is 9.33. The molecular formula is C52H30N4O. The second-order valence-corrected chi connectivity index (χ2v) is 15.0. The van der Waals surface area contributed by atoms with E-state index in [1.807, 2.05) is 36.4 Å². The molecule has 9 aromatic carbocycles. The van der Waals surface area contributed by atoms with Crippen LogP contribution in [0.2, 0.25) is 0 Å². The van der Waals surface area contributed by atoms with Crippen LogP contribution < -0.4 is 4.74 Å². The van der Waals surface area contributed by atoms with Crippen molar-refractivity contribution in [3.63, 3.8) is 0 Å². The van der Waals surface area contributed by atoms with Crippen molar-refractivity contribution in [2.45, 2.75) is 0 Å². The summed E-state index contributed by atoms with van der Waals surface area (Å²) in [6, 6.07) is 65.1. The fourth-order valence-electron chi connectivity index (χ4n) is 9.33. The number of rotatable bonds is 3. The van der Waals surface area contributed by atoms with Crippen LogP contribution in [0.5, 0.6) is 11.5 Å². The Bertz CT molecular complexity index is 3690. The van der Waals surface area contributed by atoms with Crippen LogP contribution in [-0.2, 0) is 0 Å². The summed E-state index contributed by atoms with van der Waals surface area (Å²) in [5, 5.41) is 10.8. The van der Waals surface area contributed by atoms with Gasteiger partial charge < -0.3 is 9.30 Å². The summed E-state index contributed by atoms with van der Waals surface area (Å²) < 4.78 is 10.9. The van der Waals surface area contributed by atoms with Gasteiger partial charge in [0.1, 0.15) is 11.5 Å². The van der Waals surface area contributed by atoms with Crippen molar-refractivity contribution in [1.82, 2.24) is 19.1 Å². The van der Waals surface area contributed by atoms with Gasteiger partial charge in [-0.15, -0.1) is 0 Å². The highest BCUT2D eigenvalue weighted by Gasteiger charge is 2.24. The zero-order chi connectivity index (χ0) is 37.2. The van der Waals surface area contributed by atoms with Crippen molar-refractivity contribution in [2.24, 2.45) is 0 Å². The highest BCUT2D eigenvalue weighted by atomic mass is 16.5. The standard InChI is InChI=1S/C52H30N4O/c1-2-11-36-31(10-1)20-21-34-28-35(24-25-37(34)36)55-44-16-6-3-12-38(44)41-29-32(22-26-46(41)55)33-23-27-47-42(30-33)39-13-4-7-17-45(39)56(47)52-53-43-15-9-19-49-50(43)51(54-52)40-14-5-8-18-48(40)57-49/h1-30H. The molecule has 0 radical (unpaired) electrons. The lowest BCUT2D eigenvalue weighted by Crippen LogP contribution is -2.06. The van der Waals surface area contributed by atoms with Gasteiger partial charge in [-0.05, 0) is 105 Å². The predicted molar refractivity (Wildman–Crippen MR) is 234 cm³/mol. The molecule has 5 nitrogen and oxygen atoms in total. The van der Waals surface area contributed by atoms with Crippen LogP contribution in [0.1, 0.15) is 0 Å². The van der Waals surface area contributed by atoms with Gasteiger partial charge in [-0.3, -0.25) is 4.57 Å². The average molecular weight is 727 g/mol. The summed E-state index contributed by atoms with van der Waals surface area (Å²) in [6.07, 6.45) is 0. The van der Waals surface area contributed by atoms with Gasteiger partial charge in [0.25, 0.3) is 0 Å². The van der Waals surface area contributed by atoms with Gasteiger partial charge in [-0.25, -0.2) is 9.97 Å². The quantitative estimate of drug-likeness (QED) is 0.170. The molecule has 0 unspecified atom stereocenters. The molecule has 0 aliphatic carbocycles. The van der Waals surface area contributed by atoms with E-state index in [0.29, 0.717) is 5.95 Å². The summed E-state index contributed by atoms with van der Waals surface area (Å²) in [6.45, 7) is 0. The Kier molecular flexibility index (Phi) is 6.10. The summed E-state index contributed by atoms with van der Waals surface area (Å²) >= 11 is 0. The van der Waals surface area contributed by atoms with Crippen LogP contribution in [0.3, 0.4) is 0 Å². The Morgan fingerprint density at radius 3 is 1.81 bits per heavy atom. The lowest BCUT2D eigenvalue weighted by molar-refractivity contribution is 0.486. The molecule has 0 fully saturated rings. The number of fused-ring (bicyclic) bond motifs is 11. The minimum Gasteiger partial charge on any atom is -0.456 e. The minimum atomic E-state index is 0.640. The largest absolute Gasteiger partial charge is 0.456 e. The Balaban J connectivity index is 0.980. The molecule has 5 heteroatoms. The maximum absolute atomic E-state index is 6.29. The molecule has 1 aliphatic heterocycles. The van der Waals surface area contributed by atoms with Crippen LogP contribution in [-0.4, -0.2) is 19.1 Å². The maximum atomic E-state index is 6.29. The summed E-state index contributed by atoms with van der Waals surface area (Å²) in [5.74, 6) is 2.23. The van der Waals surface area contributed by atoms with E-state index in [9.17, 15) is 0 Å². The van der Waals surface area contributed by atoms with Crippen LogP contribution in [0.4, 0.5) is 0 Å². The van der Waals surface area contributed by atoms with Gasteiger partial charge in [0.05, 0.1) is 38.7 Å². The number of ether oxygens (including phenoxy) is 1. The first-order chi connectivity index (χ1) is 28.2. The van der Waals surface area contributed by atoms with Crippen molar-refractivity contribution in [1.29, 1.82) is 0 Å². The number of para-hydroxylation sites is 3. The fraction of sp³-hybridized carbons (Fsp3) is 0. The summed E-state index contributed by atoms with van der Waals surface area (Å²) in [5.41, 5.74) is 10.7.